The molecule has 2 aliphatic carbocycles. The molecule has 0 bridgehead atoms. The SMILES string of the molecule is COC(=O)N[C@H]1CC[C@H](n2cc(C(=O)O)c(=O)n(C3CCc4c3cccc4C(F)(F)F)c2=O)CC1. The fourth-order valence-electron chi connectivity index (χ4n) is 5.16. The number of rotatable bonds is 4. The van der Waals surface area contributed by atoms with Crippen molar-refractivity contribution in [3.63, 3.8) is 0 Å². The van der Waals surface area contributed by atoms with Crippen molar-refractivity contribution in [1.29, 1.82) is 0 Å². The number of aromatic nitrogens is 2. The molecular formula is C23H24F3N3O6. The van der Waals surface area contributed by atoms with Crippen LogP contribution in [0.1, 0.15) is 71.2 Å². The summed E-state index contributed by atoms with van der Waals surface area (Å²) in [5.41, 5.74) is -3.05. The van der Waals surface area contributed by atoms with Gasteiger partial charge in [-0.1, -0.05) is 12.1 Å². The van der Waals surface area contributed by atoms with Crippen LogP contribution in [0.4, 0.5) is 18.0 Å². The molecule has 0 radical (unpaired) electrons. The molecule has 4 rings (SSSR count). The summed E-state index contributed by atoms with van der Waals surface area (Å²) in [6, 6.07) is 1.99. The summed E-state index contributed by atoms with van der Waals surface area (Å²) in [5, 5.41) is 12.3. The molecule has 12 heteroatoms. The highest BCUT2D eigenvalue weighted by atomic mass is 19.4. The molecule has 2 aromatic rings. The third-order valence-corrected chi connectivity index (χ3v) is 6.83. The van der Waals surface area contributed by atoms with Crippen LogP contribution in [-0.4, -0.2) is 39.5 Å². The van der Waals surface area contributed by atoms with Gasteiger partial charge in [0, 0.05) is 18.3 Å². The lowest BCUT2D eigenvalue weighted by Crippen LogP contribution is -2.46. The molecule has 1 unspecified atom stereocenters. The van der Waals surface area contributed by atoms with Crippen molar-refractivity contribution in [1.82, 2.24) is 14.5 Å². The van der Waals surface area contributed by atoms with E-state index in [9.17, 15) is 37.5 Å². The van der Waals surface area contributed by atoms with E-state index in [-0.39, 0.29) is 30.0 Å². The first kappa shape index (κ1) is 24.6. The van der Waals surface area contributed by atoms with E-state index in [1.165, 1.54) is 23.8 Å². The van der Waals surface area contributed by atoms with Gasteiger partial charge in [0.1, 0.15) is 5.56 Å². The maximum atomic E-state index is 13.5. The predicted octanol–water partition coefficient (Wildman–Crippen LogP) is 3.10. The number of fused-ring (bicyclic) bond motifs is 1. The number of methoxy groups -OCH3 is 1. The summed E-state index contributed by atoms with van der Waals surface area (Å²) in [7, 11) is 1.25. The van der Waals surface area contributed by atoms with Gasteiger partial charge >= 0.3 is 23.9 Å². The zero-order valence-electron chi connectivity index (χ0n) is 18.8. The van der Waals surface area contributed by atoms with Gasteiger partial charge in [0.05, 0.1) is 18.7 Å². The molecular weight excluding hydrogens is 471 g/mol. The molecule has 1 amide bonds. The summed E-state index contributed by atoms with van der Waals surface area (Å²) in [5.74, 6) is -1.53. The normalized spacial score (nSPS) is 21.9. The first-order valence-corrected chi connectivity index (χ1v) is 11.2. The summed E-state index contributed by atoms with van der Waals surface area (Å²) in [6.45, 7) is 0. The van der Waals surface area contributed by atoms with Crippen LogP contribution in [0.3, 0.4) is 0 Å². The van der Waals surface area contributed by atoms with E-state index in [1.807, 2.05) is 0 Å². The number of amides is 1. The number of ether oxygens (including phenoxy) is 1. The molecule has 0 spiro atoms. The van der Waals surface area contributed by atoms with Gasteiger partial charge < -0.3 is 15.2 Å². The lowest BCUT2D eigenvalue weighted by molar-refractivity contribution is -0.138. The van der Waals surface area contributed by atoms with E-state index in [4.69, 9.17) is 0 Å². The number of nitrogens with zero attached hydrogens (tertiary/aromatic N) is 2. The van der Waals surface area contributed by atoms with Crippen LogP contribution in [-0.2, 0) is 17.3 Å². The molecule has 1 saturated carbocycles. The van der Waals surface area contributed by atoms with E-state index in [0.717, 1.165) is 16.8 Å². The maximum Gasteiger partial charge on any atom is 0.416 e. The Labute approximate surface area is 197 Å². The van der Waals surface area contributed by atoms with Gasteiger partial charge in [0.15, 0.2) is 0 Å². The van der Waals surface area contributed by atoms with Crippen LogP contribution < -0.4 is 16.6 Å². The van der Waals surface area contributed by atoms with E-state index >= 15 is 0 Å². The van der Waals surface area contributed by atoms with Gasteiger partial charge in [-0.05, 0) is 55.7 Å². The molecule has 1 heterocycles. The standard InChI is InChI=1S/C23H24F3N3O6/c1-35-21(33)27-12-5-7-13(8-6-12)28-11-16(20(31)32)19(30)29(22(28)34)18-10-9-14-15(18)3-2-4-17(14)23(24,25)26/h2-4,11-13,18H,5-10H2,1H3,(H,27,33)(H,31,32)/t12-,13-,18?. The highest BCUT2D eigenvalue weighted by molar-refractivity contribution is 5.86. The van der Waals surface area contributed by atoms with Crippen molar-refractivity contribution >= 4 is 12.1 Å². The Kier molecular flexibility index (Phi) is 6.48. The van der Waals surface area contributed by atoms with Crippen LogP contribution in [0.25, 0.3) is 0 Å². The quantitative estimate of drug-likeness (QED) is 0.673. The molecule has 9 nitrogen and oxygen atoms in total. The van der Waals surface area contributed by atoms with Crippen LogP contribution in [0.15, 0.2) is 34.0 Å². The van der Waals surface area contributed by atoms with Crippen molar-refractivity contribution in [3.05, 3.63) is 67.5 Å². The number of benzene rings is 1. The van der Waals surface area contributed by atoms with Gasteiger partial charge in [-0.3, -0.25) is 13.9 Å². The number of carbonyl (C=O) groups is 2. The maximum absolute atomic E-state index is 13.5. The predicted molar refractivity (Wildman–Crippen MR) is 117 cm³/mol. The number of aromatic carboxylic acids is 1. The van der Waals surface area contributed by atoms with E-state index in [2.05, 4.69) is 10.1 Å². The van der Waals surface area contributed by atoms with Crippen molar-refractivity contribution in [2.24, 2.45) is 0 Å². The Bertz CT molecular complexity index is 1270. The van der Waals surface area contributed by atoms with E-state index < -0.39 is 52.7 Å². The van der Waals surface area contributed by atoms with Crippen molar-refractivity contribution < 1.29 is 32.6 Å². The van der Waals surface area contributed by atoms with Gasteiger partial charge in [0.2, 0.25) is 0 Å². The van der Waals surface area contributed by atoms with Crippen LogP contribution in [0.2, 0.25) is 0 Å². The van der Waals surface area contributed by atoms with Crippen LogP contribution in [0.5, 0.6) is 0 Å². The molecule has 1 aromatic carbocycles. The number of hydrogen-bond donors (Lipinski definition) is 2. The molecule has 35 heavy (non-hydrogen) atoms. The second-order valence-corrected chi connectivity index (χ2v) is 8.78. The monoisotopic (exact) mass is 495 g/mol. The molecule has 1 aromatic heterocycles. The fraction of sp³-hybridized carbons (Fsp3) is 0.478. The number of alkyl halides is 3. The molecule has 2 N–H and O–H groups in total. The average molecular weight is 495 g/mol. The first-order chi connectivity index (χ1) is 16.5. The zero-order valence-corrected chi connectivity index (χ0v) is 18.8. The number of nitrogens with one attached hydrogen (secondary N) is 1. The van der Waals surface area contributed by atoms with Crippen molar-refractivity contribution in [2.75, 3.05) is 7.11 Å². The summed E-state index contributed by atoms with van der Waals surface area (Å²) in [6.07, 6.45) is -2.25. The summed E-state index contributed by atoms with van der Waals surface area (Å²) < 4.78 is 47.1. The van der Waals surface area contributed by atoms with Gasteiger partial charge in [-0.15, -0.1) is 0 Å². The highest BCUT2D eigenvalue weighted by Crippen LogP contribution is 2.41. The van der Waals surface area contributed by atoms with Crippen LogP contribution >= 0.6 is 0 Å². The Morgan fingerprint density at radius 1 is 1.11 bits per heavy atom. The molecule has 2 aliphatic rings. The summed E-state index contributed by atoms with van der Waals surface area (Å²) >= 11 is 0. The highest BCUT2D eigenvalue weighted by Gasteiger charge is 2.39. The first-order valence-electron chi connectivity index (χ1n) is 11.2. The Morgan fingerprint density at radius 3 is 2.40 bits per heavy atom. The second-order valence-electron chi connectivity index (χ2n) is 8.78. The van der Waals surface area contributed by atoms with E-state index in [0.29, 0.717) is 25.7 Å². The molecule has 0 saturated heterocycles. The number of carbonyl (C=O) groups excluding carboxylic acids is 1. The van der Waals surface area contributed by atoms with Crippen LogP contribution in [0, 0.1) is 0 Å². The molecule has 188 valence electrons. The lowest BCUT2D eigenvalue weighted by atomic mass is 9.91. The minimum atomic E-state index is -4.59. The average Bonchev–Trinajstić information content (AvgIpc) is 3.23. The Balaban J connectivity index is 1.75. The molecule has 1 atom stereocenters. The fourth-order valence-corrected chi connectivity index (χ4v) is 5.16. The smallest absolute Gasteiger partial charge is 0.416 e. The zero-order chi connectivity index (χ0) is 25.5. The van der Waals surface area contributed by atoms with Gasteiger partial charge in [0.25, 0.3) is 5.56 Å². The Morgan fingerprint density at radius 2 is 1.80 bits per heavy atom. The largest absolute Gasteiger partial charge is 0.477 e. The molecule has 1 fully saturated rings. The summed E-state index contributed by atoms with van der Waals surface area (Å²) in [4.78, 5) is 49.8. The molecule has 0 aliphatic heterocycles. The number of carboxylic acid groups (broad SMARTS) is 1. The van der Waals surface area contributed by atoms with Crippen molar-refractivity contribution in [2.45, 2.75) is 62.8 Å². The Hall–Kier alpha value is -3.57. The topological polar surface area (TPSA) is 120 Å². The third-order valence-electron chi connectivity index (χ3n) is 6.83. The van der Waals surface area contributed by atoms with Crippen molar-refractivity contribution in [3.8, 4) is 0 Å². The number of carboxylic acids is 1. The van der Waals surface area contributed by atoms with Gasteiger partial charge in [-0.25, -0.2) is 14.4 Å². The number of halogens is 3. The van der Waals surface area contributed by atoms with Gasteiger partial charge in [-0.2, -0.15) is 13.2 Å². The lowest BCUT2D eigenvalue weighted by Gasteiger charge is -2.30. The number of alkyl carbamates (subject to hydrolysis) is 1. The van der Waals surface area contributed by atoms with E-state index in [1.54, 1.807) is 0 Å². The number of hydrogen-bond acceptors (Lipinski definition) is 5. The minimum Gasteiger partial charge on any atom is -0.477 e. The third kappa shape index (κ3) is 4.56. The minimum absolute atomic E-state index is 0.00314. The second kappa shape index (κ2) is 9.23.